The zero-order valence-electron chi connectivity index (χ0n) is 9.09. The summed E-state index contributed by atoms with van der Waals surface area (Å²) in [7, 11) is 0. The Labute approximate surface area is 104 Å². The van der Waals surface area contributed by atoms with E-state index in [4.69, 9.17) is 10.4 Å². The molecular weight excluding hydrogens is 256 g/mol. The van der Waals surface area contributed by atoms with Gasteiger partial charge in [0.25, 0.3) is 0 Å². The largest absolute Gasteiger partial charge is 0.476 e. The molecule has 2 aromatic rings. The molecule has 0 radical (unpaired) electrons. The summed E-state index contributed by atoms with van der Waals surface area (Å²) in [5, 5.41) is 39.1. The van der Waals surface area contributed by atoms with Gasteiger partial charge in [0.2, 0.25) is 5.69 Å². The molecule has 0 aliphatic heterocycles. The Morgan fingerprint density at radius 2 is 2.32 bits per heavy atom. The van der Waals surface area contributed by atoms with Gasteiger partial charge in [-0.25, -0.2) is 9.48 Å². The van der Waals surface area contributed by atoms with Gasteiger partial charge in [0.1, 0.15) is 17.8 Å². The molecule has 0 spiro atoms. The summed E-state index contributed by atoms with van der Waals surface area (Å²) >= 11 is 0. The molecule has 0 unspecified atom stereocenters. The summed E-state index contributed by atoms with van der Waals surface area (Å²) in [6.07, 6.45) is 2.13. The second kappa shape index (κ2) is 4.49. The zero-order chi connectivity index (χ0) is 14.0. The van der Waals surface area contributed by atoms with E-state index in [1.165, 1.54) is 12.3 Å². The van der Waals surface area contributed by atoms with Crippen molar-refractivity contribution < 1.29 is 14.8 Å². The highest BCUT2D eigenvalue weighted by atomic mass is 16.6. The molecule has 0 saturated carbocycles. The Morgan fingerprint density at radius 3 is 2.84 bits per heavy atom. The van der Waals surface area contributed by atoms with Gasteiger partial charge in [-0.1, -0.05) is 0 Å². The number of carboxylic acid groups (broad SMARTS) is 1. The molecule has 0 aliphatic rings. The van der Waals surface area contributed by atoms with E-state index in [1.807, 2.05) is 0 Å². The van der Waals surface area contributed by atoms with Crippen molar-refractivity contribution >= 4 is 11.7 Å². The number of nitriles is 1. The lowest BCUT2D eigenvalue weighted by Gasteiger charge is -1.98. The second-order valence-electron chi connectivity index (χ2n) is 3.25. The minimum Gasteiger partial charge on any atom is -0.476 e. The summed E-state index contributed by atoms with van der Waals surface area (Å²) < 4.78 is 0.840. The van der Waals surface area contributed by atoms with Crippen molar-refractivity contribution in [1.82, 2.24) is 20.0 Å². The Balaban J connectivity index is 2.65. The van der Waals surface area contributed by atoms with E-state index in [2.05, 4.69) is 15.3 Å². The third kappa shape index (κ3) is 2.07. The maximum absolute atomic E-state index is 10.8. The molecule has 0 amide bonds. The fourth-order valence-electron chi connectivity index (χ4n) is 1.34. The molecule has 19 heavy (non-hydrogen) atoms. The topological polar surface area (TPSA) is 148 Å². The second-order valence-corrected chi connectivity index (χ2v) is 3.25. The quantitative estimate of drug-likeness (QED) is 0.605. The molecule has 10 nitrogen and oxygen atoms in total. The fraction of sp³-hybridized carbons (Fsp3) is 0. The van der Waals surface area contributed by atoms with Crippen LogP contribution in [0.25, 0.3) is 5.82 Å². The van der Waals surface area contributed by atoms with Crippen LogP contribution < -0.4 is 0 Å². The average Bonchev–Trinajstić information content (AvgIpc) is 2.84. The summed E-state index contributed by atoms with van der Waals surface area (Å²) in [6.45, 7) is 0. The molecular formula is C9H4N6O4. The Kier molecular flexibility index (Phi) is 2.86. The molecule has 10 heteroatoms. The number of carbonyl (C=O) groups is 1. The van der Waals surface area contributed by atoms with Gasteiger partial charge < -0.3 is 5.11 Å². The third-order valence-corrected chi connectivity index (χ3v) is 2.13. The van der Waals surface area contributed by atoms with Crippen LogP contribution in [0.15, 0.2) is 18.5 Å². The molecule has 0 aliphatic carbocycles. The molecule has 1 N–H and O–H groups in total. The van der Waals surface area contributed by atoms with Gasteiger partial charge in [-0.2, -0.15) is 15.5 Å². The van der Waals surface area contributed by atoms with Crippen LogP contribution in [0.4, 0.5) is 5.69 Å². The number of nitro groups is 1. The Bertz CT molecular complexity index is 684. The highest BCUT2D eigenvalue weighted by Crippen LogP contribution is 2.19. The molecule has 2 heterocycles. The summed E-state index contributed by atoms with van der Waals surface area (Å²) in [6, 6.07) is 3.13. The minimum absolute atomic E-state index is 0.0596. The molecule has 0 aromatic carbocycles. The lowest BCUT2D eigenvalue weighted by molar-refractivity contribution is -0.385. The van der Waals surface area contributed by atoms with Crippen LogP contribution in [-0.4, -0.2) is 36.0 Å². The van der Waals surface area contributed by atoms with Crippen LogP contribution >= 0.6 is 0 Å². The van der Waals surface area contributed by atoms with Crippen molar-refractivity contribution in [2.75, 3.05) is 0 Å². The molecule has 0 saturated heterocycles. The summed E-state index contributed by atoms with van der Waals surface area (Å²) in [4.78, 5) is 20.7. The van der Waals surface area contributed by atoms with Gasteiger partial charge in [-0.05, 0) is 6.07 Å². The molecule has 0 fully saturated rings. The van der Waals surface area contributed by atoms with E-state index >= 15 is 0 Å². The van der Waals surface area contributed by atoms with Crippen LogP contribution in [0.1, 0.15) is 16.1 Å². The molecule has 2 rings (SSSR count). The normalized spacial score (nSPS) is 9.84. The SMILES string of the molecule is N#Cc1ccnnc1-n1cc([N+](=O)[O-])c(C(=O)O)n1. The number of rotatable bonds is 3. The van der Waals surface area contributed by atoms with E-state index in [1.54, 1.807) is 6.07 Å². The van der Waals surface area contributed by atoms with Crippen LogP contribution in [0.2, 0.25) is 0 Å². The number of nitrogens with zero attached hydrogens (tertiary/aromatic N) is 6. The number of aromatic carboxylic acids is 1. The van der Waals surface area contributed by atoms with Crippen molar-refractivity contribution in [3.05, 3.63) is 39.8 Å². The van der Waals surface area contributed by atoms with E-state index in [0.717, 1.165) is 10.9 Å². The summed E-state index contributed by atoms with van der Waals surface area (Å²) in [5.41, 5.74) is -1.37. The maximum atomic E-state index is 10.8. The smallest absolute Gasteiger partial charge is 0.363 e. The van der Waals surface area contributed by atoms with Crippen molar-refractivity contribution in [2.24, 2.45) is 0 Å². The lowest BCUT2D eigenvalue weighted by atomic mass is 10.3. The molecule has 0 bridgehead atoms. The molecule has 94 valence electrons. The van der Waals surface area contributed by atoms with Crippen LogP contribution in [-0.2, 0) is 0 Å². The van der Waals surface area contributed by atoms with Crippen LogP contribution in [0, 0.1) is 21.4 Å². The van der Waals surface area contributed by atoms with E-state index in [9.17, 15) is 14.9 Å². The van der Waals surface area contributed by atoms with Gasteiger partial charge in [0, 0.05) is 0 Å². The van der Waals surface area contributed by atoms with Crippen molar-refractivity contribution in [3.8, 4) is 11.9 Å². The first kappa shape index (κ1) is 12.1. The standard InChI is InChI=1S/C9H4N6O4/c10-3-5-1-2-11-12-8(5)14-4-6(15(18)19)7(13-14)9(16)17/h1-2,4H,(H,16,17). The Morgan fingerprint density at radius 1 is 1.58 bits per heavy atom. The van der Waals surface area contributed by atoms with E-state index in [0.29, 0.717) is 0 Å². The fourth-order valence-corrected chi connectivity index (χ4v) is 1.34. The highest BCUT2D eigenvalue weighted by Gasteiger charge is 2.26. The first-order valence-corrected chi connectivity index (χ1v) is 4.74. The highest BCUT2D eigenvalue weighted by molar-refractivity contribution is 5.89. The van der Waals surface area contributed by atoms with Crippen molar-refractivity contribution in [3.63, 3.8) is 0 Å². The first-order chi connectivity index (χ1) is 9.04. The third-order valence-electron chi connectivity index (χ3n) is 2.13. The minimum atomic E-state index is -1.55. The van der Waals surface area contributed by atoms with E-state index in [-0.39, 0.29) is 11.4 Å². The maximum Gasteiger partial charge on any atom is 0.363 e. The zero-order valence-corrected chi connectivity index (χ0v) is 9.09. The van der Waals surface area contributed by atoms with Gasteiger partial charge >= 0.3 is 11.7 Å². The first-order valence-electron chi connectivity index (χ1n) is 4.74. The molecule has 2 aromatic heterocycles. The number of hydrogen-bond donors (Lipinski definition) is 1. The lowest BCUT2D eigenvalue weighted by Crippen LogP contribution is -2.05. The van der Waals surface area contributed by atoms with Gasteiger partial charge in [-0.3, -0.25) is 10.1 Å². The Hall–Kier alpha value is -3.35. The van der Waals surface area contributed by atoms with Gasteiger partial charge in [-0.15, -0.1) is 5.10 Å². The number of hydrogen-bond acceptors (Lipinski definition) is 7. The van der Waals surface area contributed by atoms with Crippen molar-refractivity contribution in [1.29, 1.82) is 5.26 Å². The predicted molar refractivity (Wildman–Crippen MR) is 57.5 cm³/mol. The van der Waals surface area contributed by atoms with Gasteiger partial charge in [0.15, 0.2) is 5.82 Å². The van der Waals surface area contributed by atoms with Crippen molar-refractivity contribution in [2.45, 2.75) is 0 Å². The van der Waals surface area contributed by atoms with Crippen LogP contribution in [0.5, 0.6) is 0 Å². The van der Waals surface area contributed by atoms with E-state index < -0.39 is 22.3 Å². The number of aromatic nitrogens is 4. The summed E-state index contributed by atoms with van der Waals surface area (Å²) in [5.74, 6) is -1.63. The predicted octanol–water partition coefficient (Wildman–Crippen LogP) is 0.140. The monoisotopic (exact) mass is 260 g/mol. The number of carboxylic acids is 1. The average molecular weight is 260 g/mol. The molecule has 0 atom stereocenters. The van der Waals surface area contributed by atoms with Gasteiger partial charge in [0.05, 0.1) is 11.1 Å². The van der Waals surface area contributed by atoms with Crippen LogP contribution in [0.3, 0.4) is 0 Å².